The highest BCUT2D eigenvalue weighted by atomic mass is 16.5. The standard InChI is InChI=1S/C25H26N4O2/c1-4-13-31-23-12-11-19(14-18(23)3)24-21(15-20(16-26)25(30)27-5-2)17-29(28-24)22-9-7-6-8-10-22/h6-12,14-15,17H,4-5,13H2,1-3H3,(H,27,30). The van der Waals surface area contributed by atoms with Gasteiger partial charge in [0.2, 0.25) is 0 Å². The number of likely N-dealkylation sites (N-methyl/N-ethyl adjacent to an activating group) is 1. The lowest BCUT2D eigenvalue weighted by molar-refractivity contribution is -0.116. The molecule has 1 N–H and O–H groups in total. The Hall–Kier alpha value is -3.85. The summed E-state index contributed by atoms with van der Waals surface area (Å²) in [5.74, 6) is 0.438. The molecule has 0 unspecified atom stereocenters. The van der Waals surface area contributed by atoms with Gasteiger partial charge in [0.1, 0.15) is 23.1 Å². The van der Waals surface area contributed by atoms with E-state index in [1.165, 1.54) is 0 Å². The van der Waals surface area contributed by atoms with Gasteiger partial charge < -0.3 is 10.1 Å². The van der Waals surface area contributed by atoms with Crippen molar-refractivity contribution in [3.63, 3.8) is 0 Å². The molecule has 2 aromatic carbocycles. The van der Waals surface area contributed by atoms with Crippen molar-refractivity contribution in [1.29, 1.82) is 5.26 Å². The molecule has 31 heavy (non-hydrogen) atoms. The summed E-state index contributed by atoms with van der Waals surface area (Å²) >= 11 is 0. The van der Waals surface area contributed by atoms with E-state index in [9.17, 15) is 10.1 Å². The molecule has 0 aliphatic heterocycles. The molecule has 0 radical (unpaired) electrons. The number of aromatic nitrogens is 2. The van der Waals surface area contributed by atoms with Crippen molar-refractivity contribution in [2.24, 2.45) is 0 Å². The molecular weight excluding hydrogens is 388 g/mol. The van der Waals surface area contributed by atoms with E-state index in [-0.39, 0.29) is 5.57 Å². The van der Waals surface area contributed by atoms with Crippen LogP contribution >= 0.6 is 0 Å². The Kier molecular flexibility index (Phi) is 7.23. The molecule has 0 saturated carbocycles. The molecule has 6 heteroatoms. The van der Waals surface area contributed by atoms with E-state index in [0.29, 0.717) is 24.4 Å². The van der Waals surface area contributed by atoms with E-state index in [1.807, 2.05) is 74.6 Å². The number of carbonyl (C=O) groups excluding carboxylic acids is 1. The van der Waals surface area contributed by atoms with Crippen molar-refractivity contribution in [2.45, 2.75) is 27.2 Å². The van der Waals surface area contributed by atoms with Gasteiger partial charge in [-0.2, -0.15) is 10.4 Å². The molecule has 3 aromatic rings. The fraction of sp³-hybridized carbons (Fsp3) is 0.240. The van der Waals surface area contributed by atoms with E-state index in [2.05, 4.69) is 12.2 Å². The van der Waals surface area contributed by atoms with Gasteiger partial charge in [0.15, 0.2) is 0 Å². The predicted molar refractivity (Wildman–Crippen MR) is 122 cm³/mol. The molecule has 0 aliphatic rings. The van der Waals surface area contributed by atoms with Crippen LogP contribution in [-0.2, 0) is 4.79 Å². The first kappa shape index (κ1) is 21.8. The first-order valence-corrected chi connectivity index (χ1v) is 10.4. The Bertz CT molecular complexity index is 1120. The van der Waals surface area contributed by atoms with Crippen molar-refractivity contribution in [3.05, 3.63) is 71.4 Å². The minimum absolute atomic E-state index is 0.0373. The van der Waals surface area contributed by atoms with Crippen LogP contribution in [-0.4, -0.2) is 28.8 Å². The zero-order valence-corrected chi connectivity index (χ0v) is 18.1. The van der Waals surface area contributed by atoms with E-state index in [0.717, 1.165) is 29.0 Å². The number of aryl methyl sites for hydroxylation is 1. The summed E-state index contributed by atoms with van der Waals surface area (Å²) in [5.41, 5.74) is 4.18. The summed E-state index contributed by atoms with van der Waals surface area (Å²) in [7, 11) is 0. The van der Waals surface area contributed by atoms with Crippen LogP contribution in [0, 0.1) is 18.3 Å². The molecule has 3 rings (SSSR count). The number of nitrogens with one attached hydrogen (secondary N) is 1. The molecule has 158 valence electrons. The summed E-state index contributed by atoms with van der Waals surface area (Å²) in [4.78, 5) is 12.3. The molecule has 6 nitrogen and oxygen atoms in total. The van der Waals surface area contributed by atoms with Crippen molar-refractivity contribution >= 4 is 12.0 Å². The first-order valence-electron chi connectivity index (χ1n) is 10.4. The monoisotopic (exact) mass is 414 g/mol. The number of ether oxygens (including phenoxy) is 1. The zero-order valence-electron chi connectivity index (χ0n) is 18.1. The maximum absolute atomic E-state index is 12.3. The summed E-state index contributed by atoms with van der Waals surface area (Å²) in [6, 6.07) is 17.6. The number of nitriles is 1. The molecule has 1 aromatic heterocycles. The van der Waals surface area contributed by atoms with Gasteiger partial charge in [-0.25, -0.2) is 4.68 Å². The number of amides is 1. The molecule has 0 bridgehead atoms. The third-order valence-electron chi connectivity index (χ3n) is 4.68. The van der Waals surface area contributed by atoms with Crippen LogP contribution in [0.1, 0.15) is 31.4 Å². The highest BCUT2D eigenvalue weighted by Crippen LogP contribution is 2.30. The molecular formula is C25H26N4O2. The lowest BCUT2D eigenvalue weighted by Crippen LogP contribution is -2.23. The third-order valence-corrected chi connectivity index (χ3v) is 4.68. The Labute approximate surface area is 182 Å². The molecule has 0 aliphatic carbocycles. The van der Waals surface area contributed by atoms with E-state index >= 15 is 0 Å². The van der Waals surface area contributed by atoms with Crippen LogP contribution in [0.3, 0.4) is 0 Å². The molecule has 0 fully saturated rings. The second-order valence-electron chi connectivity index (χ2n) is 7.07. The molecule has 0 atom stereocenters. The fourth-order valence-corrected chi connectivity index (χ4v) is 3.16. The predicted octanol–water partition coefficient (Wildman–Crippen LogP) is 4.68. The number of carbonyl (C=O) groups is 1. The second kappa shape index (κ2) is 10.3. The molecule has 1 amide bonds. The molecule has 1 heterocycles. The highest BCUT2D eigenvalue weighted by Gasteiger charge is 2.15. The van der Waals surface area contributed by atoms with Gasteiger partial charge in [-0.05, 0) is 62.2 Å². The van der Waals surface area contributed by atoms with Crippen molar-refractivity contribution in [1.82, 2.24) is 15.1 Å². The lowest BCUT2D eigenvalue weighted by atomic mass is 10.0. The fourth-order valence-electron chi connectivity index (χ4n) is 3.16. The number of hydrogen-bond acceptors (Lipinski definition) is 4. The van der Waals surface area contributed by atoms with Crippen molar-refractivity contribution in [3.8, 4) is 28.8 Å². The summed E-state index contributed by atoms with van der Waals surface area (Å²) < 4.78 is 7.54. The SMILES string of the molecule is CCCOc1ccc(-c2nn(-c3ccccc3)cc2C=C(C#N)C(=O)NCC)cc1C. The number of rotatable bonds is 8. The van der Waals surface area contributed by atoms with Crippen LogP contribution in [0.25, 0.3) is 23.0 Å². The smallest absolute Gasteiger partial charge is 0.261 e. The van der Waals surface area contributed by atoms with Gasteiger partial charge >= 0.3 is 0 Å². The van der Waals surface area contributed by atoms with Gasteiger partial charge in [-0.3, -0.25) is 4.79 Å². The van der Waals surface area contributed by atoms with Crippen LogP contribution in [0.2, 0.25) is 0 Å². The molecule has 0 spiro atoms. The van der Waals surface area contributed by atoms with Crippen LogP contribution < -0.4 is 10.1 Å². The normalized spacial score (nSPS) is 11.1. The number of hydrogen-bond donors (Lipinski definition) is 1. The first-order chi connectivity index (χ1) is 15.1. The Morgan fingerprint density at radius 1 is 1.23 bits per heavy atom. The minimum Gasteiger partial charge on any atom is -0.493 e. The van der Waals surface area contributed by atoms with Gasteiger partial charge in [-0.15, -0.1) is 0 Å². The topological polar surface area (TPSA) is 79.9 Å². The maximum atomic E-state index is 12.3. The van der Waals surface area contributed by atoms with Gasteiger partial charge in [0.05, 0.1) is 12.3 Å². The van der Waals surface area contributed by atoms with E-state index < -0.39 is 5.91 Å². The zero-order chi connectivity index (χ0) is 22.2. The summed E-state index contributed by atoms with van der Waals surface area (Å²) in [6.45, 7) is 6.99. The van der Waals surface area contributed by atoms with Crippen LogP contribution in [0.5, 0.6) is 5.75 Å². The third kappa shape index (κ3) is 5.20. The minimum atomic E-state index is -0.400. The summed E-state index contributed by atoms with van der Waals surface area (Å²) in [5, 5.41) is 17.0. The van der Waals surface area contributed by atoms with E-state index in [1.54, 1.807) is 10.8 Å². The second-order valence-corrected chi connectivity index (χ2v) is 7.07. The molecule has 0 saturated heterocycles. The average Bonchev–Trinajstić information content (AvgIpc) is 3.21. The summed E-state index contributed by atoms with van der Waals surface area (Å²) in [6.07, 6.45) is 4.36. The van der Waals surface area contributed by atoms with Gasteiger partial charge in [-0.1, -0.05) is 25.1 Å². The van der Waals surface area contributed by atoms with E-state index in [4.69, 9.17) is 9.84 Å². The van der Waals surface area contributed by atoms with Crippen molar-refractivity contribution < 1.29 is 9.53 Å². The number of para-hydroxylation sites is 1. The quantitative estimate of drug-likeness (QED) is 0.429. The number of nitrogens with zero attached hydrogens (tertiary/aromatic N) is 3. The number of benzene rings is 2. The average molecular weight is 415 g/mol. The highest BCUT2D eigenvalue weighted by molar-refractivity contribution is 6.02. The van der Waals surface area contributed by atoms with Crippen molar-refractivity contribution in [2.75, 3.05) is 13.2 Å². The Morgan fingerprint density at radius 2 is 2.00 bits per heavy atom. The largest absolute Gasteiger partial charge is 0.493 e. The van der Waals surface area contributed by atoms with Crippen LogP contribution in [0.15, 0.2) is 60.3 Å². The lowest BCUT2D eigenvalue weighted by Gasteiger charge is -2.09. The van der Waals surface area contributed by atoms with Gasteiger partial charge in [0.25, 0.3) is 5.91 Å². The van der Waals surface area contributed by atoms with Crippen LogP contribution in [0.4, 0.5) is 0 Å². The van der Waals surface area contributed by atoms with Gasteiger partial charge in [0, 0.05) is 23.9 Å². The maximum Gasteiger partial charge on any atom is 0.261 e. The Balaban J connectivity index is 2.10. The Morgan fingerprint density at radius 3 is 2.65 bits per heavy atom.